The fourth-order valence-corrected chi connectivity index (χ4v) is 9.84. The van der Waals surface area contributed by atoms with Gasteiger partial charge in [-0.1, -0.05) is 45.7 Å². The standard InChI is InChI=1S/C23H32Br2O4/c1-12(26)23(25)10-7-15-14-5-6-16-20(24)17(28)8-9-21(16,3)19(14)18(29-13(2)27)11-22(15,23)4/h14-16,18-20H,5-11H2,1-4H3/t14-,15+,16+,18+,19-,20-,21+,22+,23-/m0/s1. The van der Waals surface area contributed by atoms with Gasteiger partial charge in [0.05, 0.1) is 9.15 Å². The van der Waals surface area contributed by atoms with E-state index in [0.29, 0.717) is 30.5 Å². The predicted molar refractivity (Wildman–Crippen MR) is 118 cm³/mol. The summed E-state index contributed by atoms with van der Waals surface area (Å²) in [6.45, 7) is 7.75. The van der Waals surface area contributed by atoms with Crippen LogP contribution in [0, 0.1) is 34.5 Å². The van der Waals surface area contributed by atoms with E-state index >= 15 is 0 Å². The summed E-state index contributed by atoms with van der Waals surface area (Å²) in [5.74, 6) is 1.65. The molecular formula is C23H32Br2O4. The number of rotatable bonds is 2. The quantitative estimate of drug-likeness (QED) is 0.361. The Balaban J connectivity index is 1.78. The normalized spacial score (nSPS) is 51.6. The molecule has 0 unspecified atom stereocenters. The molecule has 4 saturated carbocycles. The van der Waals surface area contributed by atoms with Crippen molar-refractivity contribution in [1.82, 2.24) is 0 Å². The SMILES string of the molecule is CC(=O)O[C@@H]1C[C@]2(C)[C@H](CC[C@]2(Br)C(C)=O)[C@@H]2CC[C@@H]3[C@H](Br)C(=O)CC[C@@]3(C)[C@@H]21. The third-order valence-electron chi connectivity index (χ3n) is 9.39. The Hall–Kier alpha value is -0.230. The number of hydrogen-bond donors (Lipinski definition) is 0. The summed E-state index contributed by atoms with van der Waals surface area (Å²) in [7, 11) is 0. The number of carbonyl (C=O) groups excluding carboxylic acids is 3. The maximum Gasteiger partial charge on any atom is 0.302 e. The van der Waals surface area contributed by atoms with Gasteiger partial charge in [0.15, 0.2) is 0 Å². The largest absolute Gasteiger partial charge is 0.462 e. The second kappa shape index (κ2) is 7.15. The van der Waals surface area contributed by atoms with Crippen LogP contribution >= 0.6 is 31.9 Å². The summed E-state index contributed by atoms with van der Waals surface area (Å²) in [6, 6.07) is 0. The monoisotopic (exact) mass is 530 g/mol. The van der Waals surface area contributed by atoms with Crippen LogP contribution in [0.4, 0.5) is 0 Å². The number of Topliss-reactive ketones (excluding diaryl/α,β-unsaturated/α-hetero) is 2. The highest BCUT2D eigenvalue weighted by Crippen LogP contribution is 2.70. The summed E-state index contributed by atoms with van der Waals surface area (Å²) < 4.78 is 5.48. The Bertz CT molecular complexity index is 753. The van der Waals surface area contributed by atoms with E-state index in [1.807, 2.05) is 0 Å². The first-order valence-electron chi connectivity index (χ1n) is 11.0. The van der Waals surface area contributed by atoms with Gasteiger partial charge in [-0.15, -0.1) is 0 Å². The molecule has 0 amide bonds. The fourth-order valence-electron chi connectivity index (χ4n) is 8.06. The Labute approximate surface area is 190 Å². The fraction of sp³-hybridized carbons (Fsp3) is 0.870. The molecule has 162 valence electrons. The topological polar surface area (TPSA) is 60.4 Å². The highest BCUT2D eigenvalue weighted by molar-refractivity contribution is 9.10. The van der Waals surface area contributed by atoms with Gasteiger partial charge in [-0.05, 0) is 74.0 Å². The van der Waals surface area contributed by atoms with Crippen LogP contribution < -0.4 is 0 Å². The van der Waals surface area contributed by atoms with Crippen molar-refractivity contribution in [3.05, 3.63) is 0 Å². The number of esters is 1. The molecule has 4 aliphatic rings. The summed E-state index contributed by atoms with van der Waals surface area (Å²) >= 11 is 7.59. The van der Waals surface area contributed by atoms with Crippen molar-refractivity contribution in [3.8, 4) is 0 Å². The lowest BCUT2D eigenvalue weighted by Crippen LogP contribution is -2.63. The zero-order chi connectivity index (χ0) is 21.4. The van der Waals surface area contributed by atoms with Gasteiger partial charge in [0, 0.05) is 19.3 Å². The van der Waals surface area contributed by atoms with Crippen LogP contribution in [-0.2, 0) is 19.1 Å². The predicted octanol–water partition coefficient (Wildman–Crippen LogP) is 5.24. The lowest BCUT2D eigenvalue weighted by molar-refractivity contribution is -0.191. The first-order valence-corrected chi connectivity index (χ1v) is 12.7. The molecule has 4 rings (SSSR count). The third-order valence-corrected chi connectivity index (χ3v) is 12.4. The summed E-state index contributed by atoms with van der Waals surface area (Å²) in [6.07, 6.45) is 5.92. The van der Waals surface area contributed by atoms with Crippen molar-refractivity contribution in [1.29, 1.82) is 0 Å². The number of fused-ring (bicyclic) bond motifs is 5. The molecule has 29 heavy (non-hydrogen) atoms. The molecule has 4 nitrogen and oxygen atoms in total. The van der Waals surface area contributed by atoms with Gasteiger partial charge in [-0.3, -0.25) is 14.4 Å². The first kappa shape index (κ1) is 22.0. The molecule has 9 atom stereocenters. The van der Waals surface area contributed by atoms with Crippen LogP contribution in [0.15, 0.2) is 0 Å². The smallest absolute Gasteiger partial charge is 0.302 e. The number of ketones is 2. The number of carbonyl (C=O) groups is 3. The van der Waals surface area contributed by atoms with Crippen molar-refractivity contribution >= 4 is 49.4 Å². The maximum atomic E-state index is 12.7. The van der Waals surface area contributed by atoms with Crippen LogP contribution in [0.3, 0.4) is 0 Å². The lowest BCUT2D eigenvalue weighted by atomic mass is 9.44. The number of alkyl halides is 2. The molecule has 6 heteroatoms. The van der Waals surface area contributed by atoms with E-state index in [1.54, 1.807) is 6.92 Å². The van der Waals surface area contributed by atoms with E-state index in [0.717, 1.165) is 32.1 Å². The Morgan fingerprint density at radius 1 is 1.07 bits per heavy atom. The van der Waals surface area contributed by atoms with E-state index in [-0.39, 0.29) is 45.3 Å². The molecule has 0 radical (unpaired) electrons. The zero-order valence-corrected chi connectivity index (χ0v) is 21.0. The van der Waals surface area contributed by atoms with Gasteiger partial charge < -0.3 is 4.74 Å². The number of halogens is 2. The molecule has 0 aliphatic heterocycles. The lowest BCUT2D eigenvalue weighted by Gasteiger charge is -2.63. The molecular weight excluding hydrogens is 500 g/mol. The van der Waals surface area contributed by atoms with E-state index in [1.165, 1.54) is 6.92 Å². The van der Waals surface area contributed by atoms with Crippen molar-refractivity contribution in [2.75, 3.05) is 0 Å². The average molecular weight is 532 g/mol. The van der Waals surface area contributed by atoms with Gasteiger partial charge in [0.1, 0.15) is 17.7 Å². The Kier molecular flexibility index (Phi) is 5.42. The van der Waals surface area contributed by atoms with Gasteiger partial charge >= 0.3 is 5.97 Å². The second-order valence-corrected chi connectivity index (χ2v) is 12.9. The van der Waals surface area contributed by atoms with Crippen molar-refractivity contribution in [3.63, 3.8) is 0 Å². The number of hydrogen-bond acceptors (Lipinski definition) is 4. The molecule has 4 aliphatic carbocycles. The molecule has 0 bridgehead atoms. The molecule has 0 spiro atoms. The molecule has 0 N–H and O–H groups in total. The second-order valence-electron chi connectivity index (χ2n) is 10.5. The van der Waals surface area contributed by atoms with Crippen LogP contribution in [-0.4, -0.2) is 32.8 Å². The maximum absolute atomic E-state index is 12.7. The molecule has 0 heterocycles. The average Bonchev–Trinajstić information content (AvgIpc) is 2.90. The molecule has 0 aromatic heterocycles. The van der Waals surface area contributed by atoms with Crippen molar-refractivity contribution < 1.29 is 19.1 Å². The molecule has 0 aromatic rings. The van der Waals surface area contributed by atoms with E-state index in [2.05, 4.69) is 45.7 Å². The molecule has 0 saturated heterocycles. The Morgan fingerprint density at radius 2 is 1.76 bits per heavy atom. The Morgan fingerprint density at radius 3 is 2.38 bits per heavy atom. The van der Waals surface area contributed by atoms with Gasteiger partial charge in [-0.2, -0.15) is 0 Å². The minimum atomic E-state index is -0.535. The first-order chi connectivity index (χ1) is 13.5. The van der Waals surface area contributed by atoms with Gasteiger partial charge in [-0.25, -0.2) is 0 Å². The van der Waals surface area contributed by atoms with E-state index < -0.39 is 4.32 Å². The minimum Gasteiger partial charge on any atom is -0.462 e. The van der Waals surface area contributed by atoms with Crippen LogP contribution in [0.1, 0.15) is 72.6 Å². The van der Waals surface area contributed by atoms with Crippen LogP contribution in [0.2, 0.25) is 0 Å². The van der Waals surface area contributed by atoms with E-state index in [4.69, 9.17) is 4.74 Å². The highest BCUT2D eigenvalue weighted by Gasteiger charge is 2.69. The summed E-state index contributed by atoms with van der Waals surface area (Å²) in [5, 5.41) is 0. The zero-order valence-electron chi connectivity index (χ0n) is 17.8. The van der Waals surface area contributed by atoms with Crippen molar-refractivity contribution in [2.24, 2.45) is 34.5 Å². The number of ether oxygens (including phenoxy) is 1. The van der Waals surface area contributed by atoms with E-state index in [9.17, 15) is 14.4 Å². The highest BCUT2D eigenvalue weighted by atomic mass is 79.9. The third kappa shape index (κ3) is 2.97. The van der Waals surface area contributed by atoms with Gasteiger partial charge in [0.25, 0.3) is 0 Å². The summed E-state index contributed by atoms with van der Waals surface area (Å²) in [5.41, 5.74) is -0.248. The minimum absolute atomic E-state index is 0.0276. The van der Waals surface area contributed by atoms with Crippen LogP contribution in [0.25, 0.3) is 0 Å². The van der Waals surface area contributed by atoms with Crippen LogP contribution in [0.5, 0.6) is 0 Å². The van der Waals surface area contributed by atoms with Gasteiger partial charge in [0.2, 0.25) is 0 Å². The summed E-state index contributed by atoms with van der Waals surface area (Å²) in [4.78, 5) is 37.1. The molecule has 4 fully saturated rings. The molecule has 0 aromatic carbocycles. The van der Waals surface area contributed by atoms with Crippen molar-refractivity contribution in [2.45, 2.75) is 87.9 Å².